The summed E-state index contributed by atoms with van der Waals surface area (Å²) < 4.78 is 17.2. The Morgan fingerprint density at radius 1 is 1.19 bits per heavy atom. The fourth-order valence-corrected chi connectivity index (χ4v) is 4.69. The van der Waals surface area contributed by atoms with E-state index < -0.39 is 12.7 Å². The number of carbonyl (C=O) groups excluding carboxylic acids is 1. The number of rotatable bonds is 5. The van der Waals surface area contributed by atoms with Crippen LogP contribution in [0.5, 0.6) is 0 Å². The Balaban J connectivity index is 1.61. The predicted molar refractivity (Wildman–Crippen MR) is 121 cm³/mol. The highest BCUT2D eigenvalue weighted by Gasteiger charge is 2.27. The summed E-state index contributed by atoms with van der Waals surface area (Å²) >= 11 is 0. The Morgan fingerprint density at radius 3 is 2.77 bits per heavy atom. The van der Waals surface area contributed by atoms with E-state index in [2.05, 4.69) is 40.3 Å². The van der Waals surface area contributed by atoms with Crippen LogP contribution < -0.4 is 5.73 Å². The summed E-state index contributed by atoms with van der Waals surface area (Å²) in [4.78, 5) is 19.6. The van der Waals surface area contributed by atoms with Gasteiger partial charge in [-0.3, -0.25) is 4.79 Å². The predicted octanol–water partition coefficient (Wildman–Crippen LogP) is 3.51. The molecule has 0 saturated heterocycles. The van der Waals surface area contributed by atoms with Crippen LogP contribution in [0, 0.1) is 0 Å². The van der Waals surface area contributed by atoms with Crippen molar-refractivity contribution in [1.82, 2.24) is 19.0 Å². The highest BCUT2D eigenvalue weighted by Crippen LogP contribution is 2.32. The monoisotopic (exact) mass is 419 g/mol. The molecular formula is C24H26FN5O. The molecule has 160 valence electrons. The minimum Gasteiger partial charge on any atom is -0.338 e. The lowest BCUT2D eigenvalue weighted by atomic mass is 9.97. The SMILES string of the molecule is CCn1c(-c2nc3cc4c(cc3n2C)CCN(C[C@H](N)CF)C4=O)cc2ccccc21. The summed E-state index contributed by atoms with van der Waals surface area (Å²) in [6, 6.07) is 13.8. The largest absolute Gasteiger partial charge is 0.338 e. The van der Waals surface area contributed by atoms with Gasteiger partial charge in [0.2, 0.25) is 0 Å². The number of amides is 1. The number of fused-ring (bicyclic) bond motifs is 3. The number of aryl methyl sites for hydroxylation is 2. The third-order valence-electron chi connectivity index (χ3n) is 6.28. The van der Waals surface area contributed by atoms with Crippen molar-refractivity contribution < 1.29 is 9.18 Å². The van der Waals surface area contributed by atoms with Gasteiger partial charge in [-0.15, -0.1) is 0 Å². The van der Waals surface area contributed by atoms with Gasteiger partial charge in [-0.2, -0.15) is 0 Å². The fraction of sp³-hybridized carbons (Fsp3) is 0.333. The van der Waals surface area contributed by atoms with E-state index in [4.69, 9.17) is 10.7 Å². The van der Waals surface area contributed by atoms with E-state index in [1.165, 1.54) is 10.9 Å². The number of nitrogens with zero attached hydrogens (tertiary/aromatic N) is 4. The highest BCUT2D eigenvalue weighted by atomic mass is 19.1. The van der Waals surface area contributed by atoms with Crippen LogP contribution in [0.15, 0.2) is 42.5 Å². The number of para-hydroxylation sites is 1. The Morgan fingerprint density at radius 2 is 2.00 bits per heavy atom. The molecule has 31 heavy (non-hydrogen) atoms. The Labute approximate surface area is 180 Å². The summed E-state index contributed by atoms with van der Waals surface area (Å²) in [6.07, 6.45) is 0.728. The lowest BCUT2D eigenvalue weighted by Crippen LogP contribution is -2.45. The molecular weight excluding hydrogens is 393 g/mol. The van der Waals surface area contributed by atoms with Gasteiger partial charge in [0.15, 0.2) is 5.82 Å². The number of halogens is 1. The maximum absolute atomic E-state index is 13.0. The van der Waals surface area contributed by atoms with E-state index in [0.29, 0.717) is 12.1 Å². The molecule has 1 aliphatic rings. The lowest BCUT2D eigenvalue weighted by Gasteiger charge is -2.30. The number of alkyl halides is 1. The number of nitrogens with two attached hydrogens (primary N) is 1. The van der Waals surface area contributed by atoms with Crippen molar-refractivity contribution >= 4 is 27.8 Å². The minimum atomic E-state index is -0.647. The summed E-state index contributed by atoms with van der Waals surface area (Å²) in [5.41, 5.74) is 11.4. The normalized spacial score (nSPS) is 15.1. The standard InChI is InChI=1S/C24H26FN5O/c1-3-30-20-7-5-4-6-16(20)11-22(30)23-27-19-12-18-15(10-21(19)28(23)2)8-9-29(24(18)31)14-17(26)13-25/h4-7,10-12,17H,3,8-9,13-14,26H2,1-2H3/t17-/m1/s1. The van der Waals surface area contributed by atoms with E-state index in [9.17, 15) is 9.18 Å². The average molecular weight is 420 g/mol. The van der Waals surface area contributed by atoms with E-state index >= 15 is 0 Å². The maximum atomic E-state index is 13.0. The highest BCUT2D eigenvalue weighted by molar-refractivity contribution is 6.00. The molecule has 3 heterocycles. The van der Waals surface area contributed by atoms with Crippen molar-refractivity contribution in [3.05, 3.63) is 53.6 Å². The van der Waals surface area contributed by atoms with Crippen molar-refractivity contribution in [2.24, 2.45) is 12.8 Å². The van der Waals surface area contributed by atoms with Crippen LogP contribution in [0.1, 0.15) is 22.8 Å². The zero-order chi connectivity index (χ0) is 21.7. The Bertz CT molecular complexity index is 1300. The zero-order valence-corrected chi connectivity index (χ0v) is 17.8. The van der Waals surface area contributed by atoms with Crippen LogP contribution in [-0.4, -0.2) is 50.7 Å². The van der Waals surface area contributed by atoms with Crippen LogP contribution in [-0.2, 0) is 20.0 Å². The van der Waals surface area contributed by atoms with Crippen LogP contribution in [0.25, 0.3) is 33.5 Å². The maximum Gasteiger partial charge on any atom is 0.254 e. The van der Waals surface area contributed by atoms with E-state index in [-0.39, 0.29) is 12.5 Å². The molecule has 5 rings (SSSR count). The number of carbonyl (C=O) groups is 1. The van der Waals surface area contributed by atoms with Gasteiger partial charge in [-0.05, 0) is 43.2 Å². The van der Waals surface area contributed by atoms with Gasteiger partial charge >= 0.3 is 0 Å². The van der Waals surface area contributed by atoms with Gasteiger partial charge in [0.05, 0.1) is 22.8 Å². The van der Waals surface area contributed by atoms with Crippen molar-refractivity contribution in [2.45, 2.75) is 25.9 Å². The molecule has 1 amide bonds. The third kappa shape index (κ3) is 3.11. The summed E-state index contributed by atoms with van der Waals surface area (Å²) in [6.45, 7) is 3.12. The topological polar surface area (TPSA) is 69.1 Å². The number of hydrogen-bond donors (Lipinski definition) is 1. The van der Waals surface area contributed by atoms with Gasteiger partial charge < -0.3 is 19.8 Å². The summed E-state index contributed by atoms with van der Waals surface area (Å²) in [5, 5.41) is 1.18. The molecule has 1 aliphatic heterocycles. The molecule has 1 atom stereocenters. The number of aromatic nitrogens is 3. The Kier molecular flexibility index (Phi) is 4.78. The quantitative estimate of drug-likeness (QED) is 0.538. The number of benzene rings is 2. The molecule has 0 aliphatic carbocycles. The molecule has 0 fully saturated rings. The first kappa shape index (κ1) is 19.8. The smallest absolute Gasteiger partial charge is 0.254 e. The lowest BCUT2D eigenvalue weighted by molar-refractivity contribution is 0.0725. The van der Waals surface area contributed by atoms with E-state index in [1.807, 2.05) is 25.2 Å². The molecule has 2 N–H and O–H groups in total. The number of hydrogen-bond acceptors (Lipinski definition) is 3. The molecule has 2 aromatic heterocycles. The van der Waals surface area contributed by atoms with Gasteiger partial charge in [0.1, 0.15) is 6.67 Å². The summed E-state index contributed by atoms with van der Waals surface area (Å²) in [5.74, 6) is 0.779. The molecule has 6 nitrogen and oxygen atoms in total. The molecule has 4 aromatic rings. The molecule has 2 aromatic carbocycles. The van der Waals surface area contributed by atoms with Gasteiger partial charge in [0, 0.05) is 43.1 Å². The molecule has 0 saturated carbocycles. The van der Waals surface area contributed by atoms with Crippen LogP contribution in [0.4, 0.5) is 4.39 Å². The van der Waals surface area contributed by atoms with Crippen molar-refractivity contribution in [3.8, 4) is 11.5 Å². The molecule has 0 unspecified atom stereocenters. The molecule has 0 radical (unpaired) electrons. The average Bonchev–Trinajstić information content (AvgIpc) is 3.31. The van der Waals surface area contributed by atoms with Crippen molar-refractivity contribution in [3.63, 3.8) is 0 Å². The van der Waals surface area contributed by atoms with Crippen LogP contribution in [0.3, 0.4) is 0 Å². The molecule has 0 spiro atoms. The van der Waals surface area contributed by atoms with Gasteiger partial charge in [0.25, 0.3) is 5.91 Å². The van der Waals surface area contributed by atoms with Crippen molar-refractivity contribution in [1.29, 1.82) is 0 Å². The second-order valence-corrected chi connectivity index (χ2v) is 8.24. The Hall–Kier alpha value is -3.19. The summed E-state index contributed by atoms with van der Waals surface area (Å²) in [7, 11) is 2.02. The first-order valence-corrected chi connectivity index (χ1v) is 10.7. The number of imidazole rings is 1. The van der Waals surface area contributed by atoms with Crippen molar-refractivity contribution in [2.75, 3.05) is 19.8 Å². The fourth-order valence-electron chi connectivity index (χ4n) is 4.69. The second-order valence-electron chi connectivity index (χ2n) is 8.24. The molecule has 0 bridgehead atoms. The molecule has 7 heteroatoms. The first-order chi connectivity index (χ1) is 15.0. The van der Waals surface area contributed by atoms with Crippen LogP contribution in [0.2, 0.25) is 0 Å². The van der Waals surface area contributed by atoms with E-state index in [1.54, 1.807) is 4.90 Å². The third-order valence-corrected chi connectivity index (χ3v) is 6.28. The first-order valence-electron chi connectivity index (χ1n) is 10.7. The minimum absolute atomic E-state index is 0.0954. The zero-order valence-electron chi connectivity index (χ0n) is 17.8. The van der Waals surface area contributed by atoms with Gasteiger partial charge in [-0.25, -0.2) is 9.37 Å². The van der Waals surface area contributed by atoms with Crippen LogP contribution >= 0.6 is 0 Å². The second kappa shape index (κ2) is 7.50. The van der Waals surface area contributed by atoms with E-state index in [0.717, 1.165) is 41.1 Å². The van der Waals surface area contributed by atoms with Gasteiger partial charge in [-0.1, -0.05) is 18.2 Å².